The van der Waals surface area contributed by atoms with Crippen LogP contribution in [0.1, 0.15) is 58.3 Å². The largest absolute Gasteiger partial charge is 0.460 e. The van der Waals surface area contributed by atoms with Crippen molar-refractivity contribution >= 4 is 5.97 Å². The number of carbonyl (C=O) groups is 1. The molecule has 0 spiro atoms. The fourth-order valence-corrected chi connectivity index (χ4v) is 2.45. The van der Waals surface area contributed by atoms with Gasteiger partial charge in [-0.3, -0.25) is 0 Å². The first kappa shape index (κ1) is 15.0. The van der Waals surface area contributed by atoms with Gasteiger partial charge in [0.15, 0.2) is 0 Å². The van der Waals surface area contributed by atoms with Crippen molar-refractivity contribution in [1.29, 1.82) is 0 Å². The number of hydrogen-bond acceptors (Lipinski definition) is 2. The van der Waals surface area contributed by atoms with Crippen molar-refractivity contribution in [2.75, 3.05) is 0 Å². The van der Waals surface area contributed by atoms with Crippen LogP contribution in [0.5, 0.6) is 0 Å². The van der Waals surface area contributed by atoms with Gasteiger partial charge < -0.3 is 4.74 Å². The van der Waals surface area contributed by atoms with Gasteiger partial charge in [0.05, 0.1) is 6.10 Å². The van der Waals surface area contributed by atoms with Gasteiger partial charge in [-0.1, -0.05) is 37.8 Å². The Morgan fingerprint density at radius 1 is 1.44 bits per heavy atom. The SMILES string of the molecule is C=CCCC[C@H](C)OC(=O)/C=C/CC1CCCC1. The molecule has 0 heterocycles. The number of carbonyl (C=O) groups excluding carboxylic acids is 1. The van der Waals surface area contributed by atoms with Gasteiger partial charge >= 0.3 is 5.97 Å². The van der Waals surface area contributed by atoms with E-state index in [1.807, 2.05) is 19.1 Å². The summed E-state index contributed by atoms with van der Waals surface area (Å²) in [6.45, 7) is 5.63. The fraction of sp³-hybridized carbons (Fsp3) is 0.688. The lowest BCUT2D eigenvalue weighted by Gasteiger charge is -2.11. The summed E-state index contributed by atoms with van der Waals surface area (Å²) in [7, 11) is 0. The molecule has 0 unspecified atom stereocenters. The van der Waals surface area contributed by atoms with Crippen molar-refractivity contribution in [3.63, 3.8) is 0 Å². The molecule has 1 atom stereocenters. The Hall–Kier alpha value is -1.05. The summed E-state index contributed by atoms with van der Waals surface area (Å²) in [6.07, 6.45) is 14.8. The minimum atomic E-state index is -0.195. The van der Waals surface area contributed by atoms with Crippen LogP contribution in [0.4, 0.5) is 0 Å². The molecule has 1 aliphatic carbocycles. The number of allylic oxidation sites excluding steroid dienone is 2. The molecule has 0 saturated heterocycles. The molecule has 1 saturated carbocycles. The molecule has 1 rings (SSSR count). The Balaban J connectivity index is 2.11. The highest BCUT2D eigenvalue weighted by molar-refractivity contribution is 5.81. The molecule has 0 amide bonds. The maximum Gasteiger partial charge on any atom is 0.330 e. The second-order valence-electron chi connectivity index (χ2n) is 5.26. The summed E-state index contributed by atoms with van der Waals surface area (Å²) < 4.78 is 5.30. The first-order valence-electron chi connectivity index (χ1n) is 7.20. The van der Waals surface area contributed by atoms with Crippen LogP contribution in [-0.2, 0) is 9.53 Å². The van der Waals surface area contributed by atoms with Gasteiger partial charge in [-0.2, -0.15) is 0 Å². The van der Waals surface area contributed by atoms with Gasteiger partial charge in [0.2, 0.25) is 0 Å². The van der Waals surface area contributed by atoms with Crippen LogP contribution in [0.2, 0.25) is 0 Å². The highest BCUT2D eigenvalue weighted by Crippen LogP contribution is 2.27. The molecule has 2 heteroatoms. The van der Waals surface area contributed by atoms with E-state index in [1.54, 1.807) is 6.08 Å². The van der Waals surface area contributed by atoms with Gasteiger partial charge in [0.1, 0.15) is 0 Å². The molecular weight excluding hydrogens is 224 g/mol. The first-order chi connectivity index (χ1) is 8.72. The Morgan fingerprint density at radius 3 is 2.83 bits per heavy atom. The van der Waals surface area contributed by atoms with Crippen molar-refractivity contribution in [3.8, 4) is 0 Å². The van der Waals surface area contributed by atoms with E-state index in [0.717, 1.165) is 31.6 Å². The number of unbranched alkanes of at least 4 members (excludes halogenated alkanes) is 1. The predicted octanol–water partition coefficient (Wildman–Crippen LogP) is 4.41. The summed E-state index contributed by atoms with van der Waals surface area (Å²) in [5, 5.41) is 0. The fourth-order valence-electron chi connectivity index (χ4n) is 2.45. The van der Waals surface area contributed by atoms with E-state index in [1.165, 1.54) is 25.7 Å². The van der Waals surface area contributed by atoms with E-state index in [9.17, 15) is 4.79 Å². The summed E-state index contributed by atoms with van der Waals surface area (Å²) in [5.74, 6) is 0.596. The Kier molecular flexibility index (Phi) is 7.47. The minimum Gasteiger partial charge on any atom is -0.460 e. The van der Waals surface area contributed by atoms with Crippen molar-refractivity contribution in [1.82, 2.24) is 0 Å². The molecule has 0 aromatic rings. The third-order valence-electron chi connectivity index (χ3n) is 3.53. The smallest absolute Gasteiger partial charge is 0.330 e. The van der Waals surface area contributed by atoms with E-state index in [-0.39, 0.29) is 12.1 Å². The summed E-state index contributed by atoms with van der Waals surface area (Å²) in [4.78, 5) is 11.5. The number of ether oxygens (including phenoxy) is 1. The zero-order chi connectivity index (χ0) is 13.2. The Bertz CT molecular complexity index is 275. The predicted molar refractivity (Wildman–Crippen MR) is 75.3 cm³/mol. The third-order valence-corrected chi connectivity index (χ3v) is 3.53. The van der Waals surface area contributed by atoms with Crippen molar-refractivity contribution in [2.45, 2.75) is 64.4 Å². The van der Waals surface area contributed by atoms with E-state index >= 15 is 0 Å². The molecule has 1 aliphatic rings. The lowest BCUT2D eigenvalue weighted by Crippen LogP contribution is -2.12. The maximum absolute atomic E-state index is 11.5. The molecule has 102 valence electrons. The Morgan fingerprint density at radius 2 is 2.17 bits per heavy atom. The van der Waals surface area contributed by atoms with Crippen LogP contribution in [0.25, 0.3) is 0 Å². The molecule has 2 nitrogen and oxygen atoms in total. The second-order valence-corrected chi connectivity index (χ2v) is 5.26. The standard InChI is InChI=1S/C16H26O2/c1-3-4-5-9-14(2)18-16(17)13-8-12-15-10-6-7-11-15/h3,8,13-15H,1,4-7,9-12H2,2H3/b13-8+/t14-/m0/s1. The van der Waals surface area contributed by atoms with Crippen LogP contribution in [0, 0.1) is 5.92 Å². The van der Waals surface area contributed by atoms with Gasteiger partial charge in [-0.05, 0) is 38.5 Å². The minimum absolute atomic E-state index is 0.00794. The molecule has 0 bridgehead atoms. The lowest BCUT2D eigenvalue weighted by atomic mass is 10.0. The van der Waals surface area contributed by atoms with Crippen molar-refractivity contribution < 1.29 is 9.53 Å². The van der Waals surface area contributed by atoms with Crippen LogP contribution in [0.3, 0.4) is 0 Å². The molecule has 0 aromatic carbocycles. The molecule has 0 N–H and O–H groups in total. The summed E-state index contributed by atoms with van der Waals surface area (Å²) in [5.41, 5.74) is 0. The topological polar surface area (TPSA) is 26.3 Å². The Labute approximate surface area is 111 Å². The first-order valence-corrected chi connectivity index (χ1v) is 7.20. The van der Waals surface area contributed by atoms with Crippen molar-refractivity contribution in [3.05, 3.63) is 24.8 Å². The van der Waals surface area contributed by atoms with Gasteiger partial charge in [-0.25, -0.2) is 4.79 Å². The second kappa shape index (κ2) is 8.96. The highest BCUT2D eigenvalue weighted by Gasteiger charge is 2.13. The van der Waals surface area contributed by atoms with Gasteiger partial charge in [0, 0.05) is 6.08 Å². The highest BCUT2D eigenvalue weighted by atomic mass is 16.5. The zero-order valence-corrected chi connectivity index (χ0v) is 11.6. The maximum atomic E-state index is 11.5. The number of esters is 1. The number of hydrogen-bond donors (Lipinski definition) is 0. The molecule has 18 heavy (non-hydrogen) atoms. The van der Waals surface area contributed by atoms with Gasteiger partial charge in [-0.15, -0.1) is 6.58 Å². The van der Waals surface area contributed by atoms with E-state index in [0.29, 0.717) is 0 Å². The monoisotopic (exact) mass is 250 g/mol. The van der Waals surface area contributed by atoms with E-state index in [4.69, 9.17) is 4.74 Å². The lowest BCUT2D eigenvalue weighted by molar-refractivity contribution is -0.142. The van der Waals surface area contributed by atoms with Gasteiger partial charge in [0.25, 0.3) is 0 Å². The average Bonchev–Trinajstić information content (AvgIpc) is 2.82. The van der Waals surface area contributed by atoms with Crippen molar-refractivity contribution in [2.24, 2.45) is 5.92 Å². The van der Waals surface area contributed by atoms with Crippen LogP contribution in [-0.4, -0.2) is 12.1 Å². The molecule has 0 aliphatic heterocycles. The normalized spacial score (nSPS) is 18.1. The summed E-state index contributed by atoms with van der Waals surface area (Å²) >= 11 is 0. The zero-order valence-electron chi connectivity index (χ0n) is 11.6. The average molecular weight is 250 g/mol. The van der Waals surface area contributed by atoms with E-state index in [2.05, 4.69) is 6.58 Å². The summed E-state index contributed by atoms with van der Waals surface area (Å²) in [6, 6.07) is 0. The molecular formula is C16H26O2. The number of rotatable bonds is 8. The quantitative estimate of drug-likeness (QED) is 0.276. The van der Waals surface area contributed by atoms with Crippen LogP contribution < -0.4 is 0 Å². The van der Waals surface area contributed by atoms with Crippen LogP contribution in [0.15, 0.2) is 24.8 Å². The molecule has 0 aromatic heterocycles. The third kappa shape index (κ3) is 6.63. The van der Waals surface area contributed by atoms with E-state index < -0.39 is 0 Å². The molecule has 0 radical (unpaired) electrons. The van der Waals surface area contributed by atoms with Crippen LogP contribution >= 0.6 is 0 Å². The molecule has 1 fully saturated rings.